The molecule has 0 unspecified atom stereocenters. The fourth-order valence-corrected chi connectivity index (χ4v) is 7.31. The van der Waals surface area contributed by atoms with Gasteiger partial charge < -0.3 is 0 Å². The number of rotatable bonds is 6. The van der Waals surface area contributed by atoms with Gasteiger partial charge in [-0.2, -0.15) is 0 Å². The van der Waals surface area contributed by atoms with Crippen molar-refractivity contribution in [1.82, 2.24) is 0 Å². The summed E-state index contributed by atoms with van der Waals surface area (Å²) in [5, 5.41) is 3.06. The van der Waals surface area contributed by atoms with Crippen molar-refractivity contribution in [2.75, 3.05) is 12.3 Å². The van der Waals surface area contributed by atoms with E-state index in [0.717, 1.165) is 6.42 Å². The van der Waals surface area contributed by atoms with Gasteiger partial charge in [0.2, 0.25) is 0 Å². The number of hydrogen-bond acceptors (Lipinski definition) is 0. The van der Waals surface area contributed by atoms with Gasteiger partial charge >= 0.3 is 0 Å². The molecule has 0 aliphatic heterocycles. The second-order valence-electron chi connectivity index (χ2n) is 5.91. The van der Waals surface area contributed by atoms with Crippen LogP contribution in [0.4, 0.5) is 0 Å². The third-order valence-corrected chi connectivity index (χ3v) is 9.31. The molecule has 1 heteroatoms. The summed E-state index contributed by atoms with van der Waals surface area (Å²) in [6.45, 7) is 2.36. The summed E-state index contributed by atoms with van der Waals surface area (Å²) in [5.41, 5.74) is 1.44. The minimum atomic E-state index is -1.35. The molecule has 0 amide bonds. The normalized spacial score (nSPS) is 11.3. The Morgan fingerprint density at radius 2 is 1.04 bits per heavy atom. The Labute approximate surface area is 140 Å². The van der Waals surface area contributed by atoms with Crippen molar-refractivity contribution in [2.24, 2.45) is 0 Å². The monoisotopic (exact) mass is 319 g/mol. The average molecular weight is 319 g/mol. The van der Waals surface area contributed by atoms with Crippen LogP contribution in [0.3, 0.4) is 0 Å². The molecule has 0 aliphatic carbocycles. The molecular weight excluding hydrogens is 295 g/mol. The highest BCUT2D eigenvalue weighted by molar-refractivity contribution is 7.89. The third-order valence-electron chi connectivity index (χ3n) is 4.67. The van der Waals surface area contributed by atoms with E-state index in [-0.39, 0.29) is 0 Å². The maximum atomic E-state index is 2.36. The number of aryl methyl sites for hydroxylation is 1. The van der Waals surface area contributed by atoms with Crippen LogP contribution in [0.2, 0.25) is 0 Å². The maximum Gasteiger partial charge on any atom is 0.0991 e. The van der Waals surface area contributed by atoms with Gasteiger partial charge in [0, 0.05) is 6.42 Å². The molecular formula is C22H24P+. The van der Waals surface area contributed by atoms with E-state index in [2.05, 4.69) is 97.9 Å². The van der Waals surface area contributed by atoms with Gasteiger partial charge in [-0.3, -0.25) is 0 Å². The van der Waals surface area contributed by atoms with Gasteiger partial charge in [-0.05, 0) is 36.8 Å². The Bertz CT molecular complexity index is 665. The summed E-state index contributed by atoms with van der Waals surface area (Å²) >= 11 is 0. The Balaban J connectivity index is 1.99. The first kappa shape index (κ1) is 16.0. The van der Waals surface area contributed by atoms with Crippen molar-refractivity contribution in [3.8, 4) is 0 Å². The van der Waals surface area contributed by atoms with Gasteiger partial charge in [-0.25, -0.2) is 0 Å². The summed E-state index contributed by atoms with van der Waals surface area (Å²) in [5.74, 6) is 0. The maximum absolute atomic E-state index is 2.36. The summed E-state index contributed by atoms with van der Waals surface area (Å²) in [7, 11) is -1.35. The zero-order valence-corrected chi connectivity index (χ0v) is 14.6. The summed E-state index contributed by atoms with van der Waals surface area (Å²) in [6, 6.07) is 33.2. The first-order valence-corrected chi connectivity index (χ1v) is 10.5. The Kier molecular flexibility index (Phi) is 5.26. The fourth-order valence-electron chi connectivity index (χ4n) is 3.32. The largest absolute Gasteiger partial charge is 0.0991 e. The van der Waals surface area contributed by atoms with Gasteiger partial charge in [-0.15, -0.1) is 0 Å². The minimum Gasteiger partial charge on any atom is -0.0622 e. The van der Waals surface area contributed by atoms with E-state index in [1.807, 2.05) is 0 Å². The van der Waals surface area contributed by atoms with Crippen molar-refractivity contribution >= 4 is 17.9 Å². The predicted molar refractivity (Wildman–Crippen MR) is 105 cm³/mol. The molecule has 3 aromatic carbocycles. The molecule has 0 N–H and O–H groups in total. The van der Waals surface area contributed by atoms with Gasteiger partial charge in [-0.1, -0.05) is 66.7 Å². The van der Waals surface area contributed by atoms with E-state index < -0.39 is 7.26 Å². The molecule has 3 aromatic rings. The van der Waals surface area contributed by atoms with Crippen LogP contribution >= 0.6 is 7.26 Å². The summed E-state index contributed by atoms with van der Waals surface area (Å²) < 4.78 is 0. The van der Waals surface area contributed by atoms with Crippen molar-refractivity contribution in [3.63, 3.8) is 0 Å². The van der Waals surface area contributed by atoms with Crippen LogP contribution in [0.1, 0.15) is 12.5 Å². The number of benzene rings is 3. The van der Waals surface area contributed by atoms with Crippen LogP contribution in [0.25, 0.3) is 0 Å². The molecule has 116 valence electrons. The zero-order chi connectivity index (χ0) is 16.0. The lowest BCUT2D eigenvalue weighted by molar-refractivity contribution is 1.14. The van der Waals surface area contributed by atoms with Gasteiger partial charge in [0.25, 0.3) is 0 Å². The summed E-state index contributed by atoms with van der Waals surface area (Å²) in [6.07, 6.45) is 3.60. The molecule has 0 saturated heterocycles. The second-order valence-corrected chi connectivity index (χ2v) is 9.96. The van der Waals surface area contributed by atoms with Crippen molar-refractivity contribution in [1.29, 1.82) is 0 Å². The van der Waals surface area contributed by atoms with Gasteiger partial charge in [0.05, 0.1) is 30.2 Å². The van der Waals surface area contributed by atoms with Crippen LogP contribution in [-0.2, 0) is 6.42 Å². The first-order valence-electron chi connectivity index (χ1n) is 8.37. The van der Waals surface area contributed by atoms with Crippen molar-refractivity contribution in [2.45, 2.75) is 13.3 Å². The van der Waals surface area contributed by atoms with Crippen LogP contribution in [0.15, 0.2) is 91.0 Å². The molecule has 0 bridgehead atoms. The smallest absolute Gasteiger partial charge is 0.0622 e. The molecule has 0 atom stereocenters. The van der Waals surface area contributed by atoms with E-state index in [0.29, 0.717) is 0 Å². The van der Waals surface area contributed by atoms with Crippen LogP contribution in [-0.4, -0.2) is 12.3 Å². The predicted octanol–water partition coefficient (Wildman–Crippen LogP) is 4.92. The average Bonchev–Trinajstić information content (AvgIpc) is 2.65. The number of hydrogen-bond donors (Lipinski definition) is 0. The van der Waals surface area contributed by atoms with Crippen LogP contribution in [0, 0.1) is 0 Å². The quantitative estimate of drug-likeness (QED) is 0.566. The highest BCUT2D eigenvalue weighted by Gasteiger charge is 2.40. The minimum absolute atomic E-state index is 1.15. The first-order chi connectivity index (χ1) is 11.3. The van der Waals surface area contributed by atoms with Crippen LogP contribution in [0.5, 0.6) is 0 Å². The highest BCUT2D eigenvalue weighted by atomic mass is 31.2. The van der Waals surface area contributed by atoms with E-state index in [1.165, 1.54) is 28.5 Å². The van der Waals surface area contributed by atoms with Crippen molar-refractivity contribution < 1.29 is 0 Å². The second kappa shape index (κ2) is 7.57. The lowest BCUT2D eigenvalue weighted by atomic mass is 10.2. The van der Waals surface area contributed by atoms with E-state index in [1.54, 1.807) is 0 Å². The molecule has 0 spiro atoms. The molecule has 0 aromatic heterocycles. The van der Waals surface area contributed by atoms with E-state index >= 15 is 0 Å². The standard InChI is InChI=1S/C22H24P/c1-2-23(21-14-8-4-9-15-21,22-16-10-5-11-17-22)19-18-20-12-6-3-7-13-20/h3-17H,2,18-19H2,1H3/q+1. The molecule has 0 aliphatic rings. The van der Waals surface area contributed by atoms with Gasteiger partial charge in [0.1, 0.15) is 0 Å². The molecule has 0 nitrogen and oxygen atoms in total. The molecule has 3 rings (SSSR count). The highest BCUT2D eigenvalue weighted by Crippen LogP contribution is 2.56. The fraction of sp³-hybridized carbons (Fsp3) is 0.182. The summed E-state index contributed by atoms with van der Waals surface area (Å²) in [4.78, 5) is 0. The zero-order valence-electron chi connectivity index (χ0n) is 13.7. The Hall–Kier alpha value is -1.91. The topological polar surface area (TPSA) is 0 Å². The lowest BCUT2D eigenvalue weighted by Gasteiger charge is -2.26. The molecule has 0 radical (unpaired) electrons. The van der Waals surface area contributed by atoms with Crippen molar-refractivity contribution in [3.05, 3.63) is 96.6 Å². The van der Waals surface area contributed by atoms with Crippen LogP contribution < -0.4 is 10.6 Å². The van der Waals surface area contributed by atoms with E-state index in [4.69, 9.17) is 0 Å². The lowest BCUT2D eigenvalue weighted by Crippen LogP contribution is -2.27. The molecule has 0 saturated carbocycles. The van der Waals surface area contributed by atoms with Gasteiger partial charge in [0.15, 0.2) is 0 Å². The Morgan fingerprint density at radius 3 is 1.48 bits per heavy atom. The SMILES string of the molecule is CC[P+](CCc1ccccc1)(c1ccccc1)c1ccccc1. The molecule has 23 heavy (non-hydrogen) atoms. The molecule has 0 heterocycles. The Morgan fingerprint density at radius 1 is 0.609 bits per heavy atom. The molecule has 0 fully saturated rings. The van der Waals surface area contributed by atoms with E-state index in [9.17, 15) is 0 Å². The third kappa shape index (κ3) is 3.54.